The van der Waals surface area contributed by atoms with Crippen molar-refractivity contribution in [3.63, 3.8) is 0 Å². The molecule has 0 aromatic carbocycles. The Morgan fingerprint density at radius 2 is 1.89 bits per heavy atom. The Hall–Kier alpha value is -1.06. The Kier molecular flexibility index (Phi) is 3.93. The fourth-order valence-electron chi connectivity index (χ4n) is 2.70. The molecule has 0 bridgehead atoms. The van der Waals surface area contributed by atoms with Crippen molar-refractivity contribution in [2.24, 2.45) is 11.8 Å². The molecule has 0 aromatic rings. The van der Waals surface area contributed by atoms with E-state index in [0.29, 0.717) is 5.92 Å². The molecule has 2 rings (SSSR count). The first-order valence-electron chi connectivity index (χ1n) is 7.07. The second-order valence-electron chi connectivity index (χ2n) is 6.24. The van der Waals surface area contributed by atoms with Gasteiger partial charge in [0.05, 0.1) is 6.54 Å². The molecule has 4 heteroatoms. The zero-order chi connectivity index (χ0) is 13.3. The van der Waals surface area contributed by atoms with E-state index in [0.717, 1.165) is 18.8 Å². The van der Waals surface area contributed by atoms with Crippen molar-refractivity contribution in [3.8, 4) is 0 Å². The lowest BCUT2D eigenvalue weighted by molar-refractivity contribution is -0.147. The molecule has 1 aliphatic heterocycles. The molecule has 2 aliphatic rings. The maximum atomic E-state index is 12.4. The monoisotopic (exact) mass is 252 g/mol. The Bertz CT molecular complexity index is 337. The van der Waals surface area contributed by atoms with Crippen molar-refractivity contribution >= 4 is 11.8 Å². The van der Waals surface area contributed by atoms with E-state index in [1.165, 1.54) is 12.8 Å². The predicted octanol–water partition coefficient (Wildman–Crippen LogP) is 1.55. The molecule has 2 unspecified atom stereocenters. The number of hydrogen-bond acceptors (Lipinski definition) is 2. The van der Waals surface area contributed by atoms with Gasteiger partial charge in [-0.2, -0.15) is 0 Å². The number of carbonyl (C=O) groups excluding carboxylic acids is 2. The van der Waals surface area contributed by atoms with Crippen LogP contribution in [0.4, 0.5) is 0 Å². The summed E-state index contributed by atoms with van der Waals surface area (Å²) in [6.45, 7) is 6.46. The van der Waals surface area contributed by atoms with Crippen LogP contribution in [-0.4, -0.2) is 35.3 Å². The van der Waals surface area contributed by atoms with Gasteiger partial charge in [0.2, 0.25) is 11.8 Å². The first kappa shape index (κ1) is 13.4. The highest BCUT2D eigenvalue weighted by atomic mass is 16.2. The minimum atomic E-state index is -0.312. The van der Waals surface area contributed by atoms with E-state index in [2.05, 4.69) is 26.1 Å². The maximum Gasteiger partial charge on any atom is 0.245 e. The number of piperazine rings is 1. The lowest BCUT2D eigenvalue weighted by atomic mass is 9.99. The largest absolute Gasteiger partial charge is 0.343 e. The van der Waals surface area contributed by atoms with Crippen LogP contribution in [-0.2, 0) is 9.59 Å². The second-order valence-corrected chi connectivity index (χ2v) is 6.24. The van der Waals surface area contributed by atoms with E-state index in [1.54, 1.807) is 4.90 Å². The summed E-state index contributed by atoms with van der Waals surface area (Å²) >= 11 is 0. The fourth-order valence-corrected chi connectivity index (χ4v) is 2.70. The molecule has 2 fully saturated rings. The Morgan fingerprint density at radius 1 is 1.22 bits per heavy atom. The molecule has 1 saturated heterocycles. The van der Waals surface area contributed by atoms with Crippen LogP contribution < -0.4 is 5.32 Å². The van der Waals surface area contributed by atoms with Gasteiger partial charge in [-0.15, -0.1) is 0 Å². The molecule has 18 heavy (non-hydrogen) atoms. The SMILES string of the molecule is CC(C)CC1NC(=O)CN(C(C)CC2CC2)C1=O. The summed E-state index contributed by atoms with van der Waals surface area (Å²) in [6.07, 6.45) is 4.35. The van der Waals surface area contributed by atoms with Gasteiger partial charge in [-0.05, 0) is 31.6 Å². The van der Waals surface area contributed by atoms with Crippen molar-refractivity contribution in [2.45, 2.75) is 58.5 Å². The average Bonchev–Trinajstić information content (AvgIpc) is 3.05. The third-order valence-electron chi connectivity index (χ3n) is 3.84. The summed E-state index contributed by atoms with van der Waals surface area (Å²) in [5.41, 5.74) is 0. The van der Waals surface area contributed by atoms with E-state index in [4.69, 9.17) is 0 Å². The molecular formula is C14H24N2O2. The minimum absolute atomic E-state index is 0.0112. The Labute approximate surface area is 109 Å². The van der Waals surface area contributed by atoms with E-state index in [1.807, 2.05) is 0 Å². The average molecular weight is 252 g/mol. The molecule has 0 aromatic heterocycles. The van der Waals surface area contributed by atoms with E-state index in [-0.39, 0.29) is 30.4 Å². The fraction of sp³-hybridized carbons (Fsp3) is 0.857. The van der Waals surface area contributed by atoms with Crippen LogP contribution in [0.25, 0.3) is 0 Å². The van der Waals surface area contributed by atoms with Gasteiger partial charge in [0, 0.05) is 6.04 Å². The van der Waals surface area contributed by atoms with Crippen LogP contribution in [0.5, 0.6) is 0 Å². The van der Waals surface area contributed by atoms with Crippen LogP contribution in [0.3, 0.4) is 0 Å². The van der Waals surface area contributed by atoms with Gasteiger partial charge < -0.3 is 10.2 Å². The first-order chi connectivity index (χ1) is 8.47. The number of hydrogen-bond donors (Lipinski definition) is 1. The number of nitrogens with zero attached hydrogens (tertiary/aromatic N) is 1. The summed E-state index contributed by atoms with van der Waals surface area (Å²) in [7, 11) is 0. The van der Waals surface area contributed by atoms with Gasteiger partial charge in [-0.25, -0.2) is 0 Å². The highest BCUT2D eigenvalue weighted by Crippen LogP contribution is 2.34. The van der Waals surface area contributed by atoms with Crippen molar-refractivity contribution in [1.82, 2.24) is 10.2 Å². The van der Waals surface area contributed by atoms with Crippen LogP contribution in [0.15, 0.2) is 0 Å². The third-order valence-corrected chi connectivity index (χ3v) is 3.84. The van der Waals surface area contributed by atoms with Crippen molar-refractivity contribution in [3.05, 3.63) is 0 Å². The summed E-state index contributed by atoms with van der Waals surface area (Å²) in [6, 6.07) is -0.112. The summed E-state index contributed by atoms with van der Waals surface area (Å²) in [5, 5.41) is 2.82. The second kappa shape index (κ2) is 5.29. The molecule has 1 N–H and O–H groups in total. The number of amides is 2. The van der Waals surface area contributed by atoms with Gasteiger partial charge in [0.1, 0.15) is 6.04 Å². The molecule has 102 valence electrons. The zero-order valence-electron chi connectivity index (χ0n) is 11.6. The van der Waals surface area contributed by atoms with E-state index >= 15 is 0 Å². The molecule has 0 spiro atoms. The third kappa shape index (κ3) is 3.24. The Morgan fingerprint density at radius 3 is 2.44 bits per heavy atom. The summed E-state index contributed by atoms with van der Waals surface area (Å²) in [5.74, 6) is 1.29. The molecule has 0 radical (unpaired) electrons. The molecule has 1 saturated carbocycles. The van der Waals surface area contributed by atoms with E-state index < -0.39 is 0 Å². The van der Waals surface area contributed by atoms with Gasteiger partial charge in [0.15, 0.2) is 0 Å². The molecule has 2 atom stereocenters. The summed E-state index contributed by atoms with van der Waals surface area (Å²) < 4.78 is 0. The van der Waals surface area contributed by atoms with Crippen molar-refractivity contribution in [1.29, 1.82) is 0 Å². The quantitative estimate of drug-likeness (QED) is 0.807. The van der Waals surface area contributed by atoms with Gasteiger partial charge in [-0.3, -0.25) is 9.59 Å². The first-order valence-corrected chi connectivity index (χ1v) is 7.07. The molecule has 1 heterocycles. The highest BCUT2D eigenvalue weighted by Gasteiger charge is 2.37. The molecule has 1 aliphatic carbocycles. The zero-order valence-corrected chi connectivity index (χ0v) is 11.6. The maximum absolute atomic E-state index is 12.4. The number of nitrogens with one attached hydrogen (secondary N) is 1. The van der Waals surface area contributed by atoms with Gasteiger partial charge in [-0.1, -0.05) is 26.7 Å². The van der Waals surface area contributed by atoms with Crippen LogP contribution in [0.2, 0.25) is 0 Å². The Balaban J connectivity index is 1.99. The van der Waals surface area contributed by atoms with Crippen molar-refractivity contribution < 1.29 is 9.59 Å². The van der Waals surface area contributed by atoms with Crippen LogP contribution in [0.1, 0.15) is 46.5 Å². The van der Waals surface area contributed by atoms with Gasteiger partial charge in [0.25, 0.3) is 0 Å². The van der Waals surface area contributed by atoms with E-state index in [9.17, 15) is 9.59 Å². The molecular weight excluding hydrogens is 228 g/mol. The minimum Gasteiger partial charge on any atom is -0.343 e. The molecule has 4 nitrogen and oxygen atoms in total. The lowest BCUT2D eigenvalue weighted by Crippen LogP contribution is -2.60. The predicted molar refractivity (Wildman–Crippen MR) is 69.9 cm³/mol. The summed E-state index contributed by atoms with van der Waals surface area (Å²) in [4.78, 5) is 25.9. The normalized spacial score (nSPS) is 26.4. The lowest BCUT2D eigenvalue weighted by Gasteiger charge is -2.37. The number of rotatable bonds is 5. The topological polar surface area (TPSA) is 49.4 Å². The van der Waals surface area contributed by atoms with Gasteiger partial charge >= 0.3 is 0 Å². The van der Waals surface area contributed by atoms with Crippen LogP contribution in [0, 0.1) is 11.8 Å². The molecule has 2 amide bonds. The smallest absolute Gasteiger partial charge is 0.245 e. The highest BCUT2D eigenvalue weighted by molar-refractivity contribution is 5.95. The van der Waals surface area contributed by atoms with Crippen molar-refractivity contribution in [2.75, 3.05) is 6.54 Å². The standard InChI is InChI=1S/C14H24N2O2/c1-9(2)6-12-14(18)16(8-13(17)15-12)10(3)7-11-4-5-11/h9-12H,4-8H2,1-3H3,(H,15,17). The van der Waals surface area contributed by atoms with Crippen LogP contribution >= 0.6 is 0 Å². The number of carbonyl (C=O) groups is 2.